The maximum absolute atomic E-state index is 10.8. The van der Waals surface area contributed by atoms with Crippen LogP contribution in [0.3, 0.4) is 0 Å². The lowest BCUT2D eigenvalue weighted by Crippen LogP contribution is -2.37. The van der Waals surface area contributed by atoms with Crippen molar-refractivity contribution in [1.29, 1.82) is 0 Å². The Morgan fingerprint density at radius 2 is 2.08 bits per heavy atom. The highest BCUT2D eigenvalue weighted by Crippen LogP contribution is 1.87. The van der Waals surface area contributed by atoms with Crippen molar-refractivity contribution in [3.8, 4) is 0 Å². The van der Waals surface area contributed by atoms with Gasteiger partial charge >= 0.3 is 5.97 Å². The van der Waals surface area contributed by atoms with Crippen LogP contribution in [0, 0.1) is 0 Å². The largest absolute Gasteiger partial charge is 0.480 e. The molecule has 0 radical (unpaired) electrons. The molecular weight excluding hydrogens is 164 g/mol. The summed E-state index contributed by atoms with van der Waals surface area (Å²) in [5, 5.41) is 18.9. The second kappa shape index (κ2) is 5.50. The van der Waals surface area contributed by atoms with E-state index < -0.39 is 17.9 Å². The highest BCUT2D eigenvalue weighted by atomic mass is 16.4. The molecule has 6 heteroatoms. The van der Waals surface area contributed by atoms with Crippen LogP contribution in [0.15, 0.2) is 0 Å². The van der Waals surface area contributed by atoms with Crippen molar-refractivity contribution in [3.63, 3.8) is 0 Å². The van der Waals surface area contributed by atoms with E-state index in [2.05, 4.69) is 5.32 Å². The zero-order chi connectivity index (χ0) is 9.56. The minimum absolute atomic E-state index is 0.116. The maximum atomic E-state index is 10.8. The number of carboxylic acids is 1. The Hall–Kier alpha value is -1.14. The number of carbonyl (C=O) groups excluding carboxylic acids is 1. The van der Waals surface area contributed by atoms with E-state index in [9.17, 15) is 9.59 Å². The van der Waals surface area contributed by atoms with Gasteiger partial charge in [0.05, 0.1) is 13.0 Å². The SMILES string of the molecule is N[C@H](CC(=O)NCCO)C(=O)O. The van der Waals surface area contributed by atoms with Crippen LogP contribution < -0.4 is 11.1 Å². The van der Waals surface area contributed by atoms with E-state index in [1.807, 2.05) is 0 Å². The number of carboxylic acid groups (broad SMARTS) is 1. The molecule has 0 aromatic rings. The molecule has 0 aliphatic rings. The van der Waals surface area contributed by atoms with E-state index in [1.165, 1.54) is 0 Å². The second-order valence-corrected chi connectivity index (χ2v) is 2.22. The molecule has 5 N–H and O–H groups in total. The Kier molecular flexibility index (Phi) is 4.98. The molecule has 0 aromatic carbocycles. The van der Waals surface area contributed by atoms with Crippen molar-refractivity contribution < 1.29 is 19.8 Å². The molecule has 0 heterocycles. The van der Waals surface area contributed by atoms with Gasteiger partial charge in [0.15, 0.2) is 0 Å². The van der Waals surface area contributed by atoms with Crippen molar-refractivity contribution in [2.24, 2.45) is 5.73 Å². The lowest BCUT2D eigenvalue weighted by atomic mass is 10.2. The minimum atomic E-state index is -1.21. The normalized spacial score (nSPS) is 12.2. The summed E-state index contributed by atoms with van der Waals surface area (Å²) in [6.07, 6.45) is -0.269. The van der Waals surface area contributed by atoms with E-state index in [-0.39, 0.29) is 19.6 Å². The van der Waals surface area contributed by atoms with Gasteiger partial charge in [-0.15, -0.1) is 0 Å². The summed E-state index contributed by atoms with van der Waals surface area (Å²) in [6, 6.07) is -1.18. The van der Waals surface area contributed by atoms with Gasteiger partial charge in [0.1, 0.15) is 6.04 Å². The molecule has 0 spiro atoms. The van der Waals surface area contributed by atoms with Crippen LogP contribution in [-0.2, 0) is 9.59 Å². The third kappa shape index (κ3) is 4.64. The maximum Gasteiger partial charge on any atom is 0.321 e. The van der Waals surface area contributed by atoms with Crippen molar-refractivity contribution >= 4 is 11.9 Å². The van der Waals surface area contributed by atoms with Gasteiger partial charge in [0.2, 0.25) is 5.91 Å². The highest BCUT2D eigenvalue weighted by molar-refractivity contribution is 5.84. The lowest BCUT2D eigenvalue weighted by molar-refractivity contribution is -0.140. The smallest absolute Gasteiger partial charge is 0.321 e. The summed E-state index contributed by atoms with van der Waals surface area (Å²) in [5.41, 5.74) is 5.07. The van der Waals surface area contributed by atoms with Gasteiger partial charge in [-0.1, -0.05) is 0 Å². The summed E-state index contributed by atoms with van der Waals surface area (Å²) < 4.78 is 0. The third-order valence-electron chi connectivity index (χ3n) is 1.16. The molecule has 1 amide bonds. The van der Waals surface area contributed by atoms with Gasteiger partial charge in [-0.05, 0) is 0 Å². The van der Waals surface area contributed by atoms with E-state index >= 15 is 0 Å². The third-order valence-corrected chi connectivity index (χ3v) is 1.16. The Balaban J connectivity index is 3.61. The van der Waals surface area contributed by atoms with Crippen LogP contribution in [-0.4, -0.2) is 41.3 Å². The van der Waals surface area contributed by atoms with Gasteiger partial charge in [0, 0.05) is 6.54 Å². The number of nitrogens with one attached hydrogen (secondary N) is 1. The number of amides is 1. The quantitative estimate of drug-likeness (QED) is 0.383. The van der Waals surface area contributed by atoms with E-state index in [0.29, 0.717) is 0 Å². The van der Waals surface area contributed by atoms with Gasteiger partial charge in [0.25, 0.3) is 0 Å². The van der Waals surface area contributed by atoms with Crippen LogP contribution in [0.2, 0.25) is 0 Å². The zero-order valence-corrected chi connectivity index (χ0v) is 6.49. The topological polar surface area (TPSA) is 113 Å². The first-order valence-electron chi connectivity index (χ1n) is 3.44. The Morgan fingerprint density at radius 3 is 2.50 bits per heavy atom. The molecule has 12 heavy (non-hydrogen) atoms. The molecule has 1 atom stereocenters. The fourth-order valence-electron chi connectivity index (χ4n) is 0.555. The van der Waals surface area contributed by atoms with Gasteiger partial charge in [-0.25, -0.2) is 0 Å². The number of nitrogens with two attached hydrogens (primary N) is 1. The second-order valence-electron chi connectivity index (χ2n) is 2.22. The molecule has 0 saturated carbocycles. The number of aliphatic hydroxyl groups excluding tert-OH is 1. The summed E-state index contributed by atoms with van der Waals surface area (Å²) in [5.74, 6) is -1.69. The number of aliphatic carboxylic acids is 1. The van der Waals surface area contributed by atoms with Gasteiger partial charge in [-0.2, -0.15) is 0 Å². The molecule has 0 unspecified atom stereocenters. The fraction of sp³-hybridized carbons (Fsp3) is 0.667. The highest BCUT2D eigenvalue weighted by Gasteiger charge is 2.15. The van der Waals surface area contributed by atoms with Crippen LogP contribution in [0.4, 0.5) is 0 Å². The number of carbonyl (C=O) groups is 2. The summed E-state index contributed by atoms with van der Waals surface area (Å²) in [4.78, 5) is 20.9. The molecule has 0 rings (SSSR count). The zero-order valence-electron chi connectivity index (χ0n) is 6.49. The molecule has 0 aliphatic carbocycles. The van der Waals surface area contributed by atoms with Crippen LogP contribution >= 0.6 is 0 Å². The van der Waals surface area contributed by atoms with Crippen LogP contribution in [0.1, 0.15) is 6.42 Å². The average molecular weight is 176 g/mol. The predicted molar refractivity (Wildman–Crippen MR) is 40.3 cm³/mol. The van der Waals surface area contributed by atoms with Crippen molar-refractivity contribution in [3.05, 3.63) is 0 Å². The molecule has 70 valence electrons. The Labute approximate surface area is 69.4 Å². The van der Waals surface area contributed by atoms with Gasteiger partial charge in [-0.3, -0.25) is 9.59 Å². The molecular formula is C6H12N2O4. The molecule has 0 aromatic heterocycles. The number of hydrogen-bond acceptors (Lipinski definition) is 4. The Morgan fingerprint density at radius 1 is 1.50 bits per heavy atom. The number of aliphatic hydroxyl groups is 1. The van der Waals surface area contributed by atoms with Crippen molar-refractivity contribution in [2.75, 3.05) is 13.2 Å². The number of hydrogen-bond donors (Lipinski definition) is 4. The fourth-order valence-corrected chi connectivity index (χ4v) is 0.555. The molecule has 0 saturated heterocycles. The monoisotopic (exact) mass is 176 g/mol. The first-order valence-corrected chi connectivity index (χ1v) is 3.44. The van der Waals surface area contributed by atoms with E-state index in [0.717, 1.165) is 0 Å². The average Bonchev–Trinajstić information content (AvgIpc) is 2.00. The summed E-state index contributed by atoms with van der Waals surface area (Å²) in [6.45, 7) is -0.0563. The Bertz CT molecular complexity index is 171. The first-order chi connectivity index (χ1) is 5.57. The first kappa shape index (κ1) is 10.9. The minimum Gasteiger partial charge on any atom is -0.480 e. The standard InChI is InChI=1S/C6H12N2O4/c7-4(6(11)12)3-5(10)8-1-2-9/h4,9H,1-3,7H2,(H,8,10)(H,11,12)/t4-/m1/s1. The van der Waals surface area contributed by atoms with Crippen molar-refractivity contribution in [2.45, 2.75) is 12.5 Å². The van der Waals surface area contributed by atoms with Crippen molar-refractivity contribution in [1.82, 2.24) is 5.32 Å². The lowest BCUT2D eigenvalue weighted by Gasteiger charge is -2.05. The molecule has 0 aliphatic heterocycles. The predicted octanol–water partition coefficient (Wildman–Crippen LogP) is -2.10. The van der Waals surface area contributed by atoms with Crippen LogP contribution in [0.5, 0.6) is 0 Å². The molecule has 0 fully saturated rings. The number of rotatable bonds is 5. The van der Waals surface area contributed by atoms with Gasteiger partial charge < -0.3 is 21.3 Å². The molecule has 0 bridgehead atoms. The summed E-state index contributed by atoms with van der Waals surface area (Å²) >= 11 is 0. The van der Waals surface area contributed by atoms with Crippen LogP contribution in [0.25, 0.3) is 0 Å². The molecule has 6 nitrogen and oxygen atoms in total. The van der Waals surface area contributed by atoms with E-state index in [4.69, 9.17) is 15.9 Å². The van der Waals surface area contributed by atoms with E-state index in [1.54, 1.807) is 0 Å². The summed E-state index contributed by atoms with van der Waals surface area (Å²) in [7, 11) is 0.